The van der Waals surface area contributed by atoms with Crippen molar-refractivity contribution in [1.29, 1.82) is 0 Å². The Bertz CT molecular complexity index is 399. The van der Waals surface area contributed by atoms with Crippen LogP contribution < -0.4 is 0 Å². The van der Waals surface area contributed by atoms with E-state index in [0.717, 1.165) is 5.92 Å². The molecule has 1 unspecified atom stereocenters. The first kappa shape index (κ1) is 13.8. The highest BCUT2D eigenvalue weighted by Crippen LogP contribution is 2.41. The summed E-state index contributed by atoms with van der Waals surface area (Å²) in [5, 5.41) is 1.24. The summed E-state index contributed by atoms with van der Waals surface area (Å²) in [6, 6.07) is 0. The molecule has 1 aromatic heterocycles. The van der Waals surface area contributed by atoms with Crippen molar-refractivity contribution in [2.24, 2.45) is 5.92 Å². The zero-order valence-corrected chi connectivity index (χ0v) is 13.3. The van der Waals surface area contributed by atoms with Crippen LogP contribution in [0.2, 0.25) is 0 Å². The Kier molecular flexibility index (Phi) is 4.77. The van der Waals surface area contributed by atoms with Crippen LogP contribution in [0.4, 0.5) is 0 Å². The van der Waals surface area contributed by atoms with Gasteiger partial charge in [0, 0.05) is 12.5 Å². The van der Waals surface area contributed by atoms with Crippen LogP contribution in [0.5, 0.6) is 0 Å². The van der Waals surface area contributed by atoms with Crippen molar-refractivity contribution in [2.45, 2.75) is 50.0 Å². The van der Waals surface area contributed by atoms with E-state index in [1.54, 1.807) is 0 Å². The number of unbranched alkanes of at least 4 members (excludes halogenated alkanes) is 2. The minimum atomic E-state index is 0.662. The second kappa shape index (κ2) is 6.55. The maximum absolute atomic E-state index is 4.64. The van der Waals surface area contributed by atoms with E-state index in [9.17, 15) is 0 Å². The molecule has 3 saturated heterocycles. The molecule has 0 amide bonds. The van der Waals surface area contributed by atoms with Gasteiger partial charge in [-0.1, -0.05) is 19.8 Å². The molecule has 3 aliphatic rings. The van der Waals surface area contributed by atoms with E-state index >= 15 is 0 Å². The summed E-state index contributed by atoms with van der Waals surface area (Å²) in [4.78, 5) is 2.61. The van der Waals surface area contributed by atoms with Gasteiger partial charge in [0.15, 0.2) is 0 Å². The highest BCUT2D eigenvalue weighted by atomic mass is 32.2. The molecule has 1 aromatic rings. The molecule has 0 radical (unpaired) electrons. The first-order valence-corrected chi connectivity index (χ1v) is 9.27. The summed E-state index contributed by atoms with van der Waals surface area (Å²) in [5.74, 6) is 2.73. The fourth-order valence-electron chi connectivity index (χ4n) is 3.31. The Labute approximate surface area is 124 Å². The molecule has 5 heteroatoms. The average molecular weight is 297 g/mol. The highest BCUT2D eigenvalue weighted by Gasteiger charge is 2.37. The lowest BCUT2D eigenvalue weighted by Crippen LogP contribution is -2.46. The van der Waals surface area contributed by atoms with Crippen molar-refractivity contribution in [3.8, 4) is 0 Å². The fraction of sp³-hybridized carbons (Fsp3) is 0.857. The van der Waals surface area contributed by atoms with Gasteiger partial charge in [0.2, 0.25) is 0 Å². The predicted molar refractivity (Wildman–Crippen MR) is 82.1 cm³/mol. The SMILES string of the molecule is CCCCCSc1nsnc1C1CN2CCC1CC2. The van der Waals surface area contributed by atoms with Crippen LogP contribution in [0.1, 0.15) is 50.6 Å². The largest absolute Gasteiger partial charge is 0.303 e. The molecular formula is C14H23N3S2. The monoisotopic (exact) mass is 297 g/mol. The fourth-order valence-corrected chi connectivity index (χ4v) is 5.08. The van der Waals surface area contributed by atoms with Gasteiger partial charge in [-0.2, -0.15) is 8.75 Å². The summed E-state index contributed by atoms with van der Waals surface area (Å²) < 4.78 is 9.19. The number of aromatic nitrogens is 2. The Hall–Kier alpha value is -0.130. The maximum atomic E-state index is 4.64. The number of piperidine rings is 3. The van der Waals surface area contributed by atoms with Gasteiger partial charge in [0.1, 0.15) is 5.03 Å². The maximum Gasteiger partial charge on any atom is 0.134 e. The van der Waals surface area contributed by atoms with Crippen LogP contribution in [-0.4, -0.2) is 39.0 Å². The number of hydrogen-bond donors (Lipinski definition) is 0. The summed E-state index contributed by atoms with van der Waals surface area (Å²) in [6.45, 7) is 6.09. The summed E-state index contributed by atoms with van der Waals surface area (Å²) in [6.07, 6.45) is 6.66. The number of thioether (sulfide) groups is 1. The number of nitrogens with zero attached hydrogens (tertiary/aromatic N) is 3. The lowest BCUT2D eigenvalue weighted by Gasteiger charge is -2.44. The Balaban J connectivity index is 1.63. The quantitative estimate of drug-likeness (QED) is 0.592. The second-order valence-corrected chi connectivity index (χ2v) is 7.37. The first-order chi connectivity index (χ1) is 9.38. The van der Waals surface area contributed by atoms with Crippen molar-refractivity contribution in [2.75, 3.05) is 25.4 Å². The summed E-state index contributed by atoms with van der Waals surface area (Å²) >= 11 is 3.34. The molecule has 106 valence electrons. The van der Waals surface area contributed by atoms with Gasteiger partial charge < -0.3 is 4.90 Å². The van der Waals surface area contributed by atoms with Gasteiger partial charge in [-0.3, -0.25) is 0 Å². The molecule has 2 bridgehead atoms. The van der Waals surface area contributed by atoms with Crippen molar-refractivity contribution in [3.63, 3.8) is 0 Å². The lowest BCUT2D eigenvalue weighted by molar-refractivity contribution is 0.0846. The number of hydrogen-bond acceptors (Lipinski definition) is 5. The minimum absolute atomic E-state index is 0.662. The van der Waals surface area contributed by atoms with E-state index in [4.69, 9.17) is 0 Å². The van der Waals surface area contributed by atoms with E-state index in [-0.39, 0.29) is 0 Å². The van der Waals surface area contributed by atoms with Gasteiger partial charge in [-0.25, -0.2) is 0 Å². The molecule has 4 rings (SSSR count). The molecule has 0 saturated carbocycles. The smallest absolute Gasteiger partial charge is 0.134 e. The van der Waals surface area contributed by atoms with Crippen LogP contribution in [0.25, 0.3) is 0 Å². The van der Waals surface area contributed by atoms with E-state index in [0.29, 0.717) is 5.92 Å². The molecule has 0 aromatic carbocycles. The van der Waals surface area contributed by atoms with Crippen molar-refractivity contribution in [3.05, 3.63) is 5.69 Å². The van der Waals surface area contributed by atoms with E-state index in [1.165, 1.54) is 79.9 Å². The van der Waals surface area contributed by atoms with E-state index in [2.05, 4.69) is 20.6 Å². The number of fused-ring (bicyclic) bond motifs is 3. The van der Waals surface area contributed by atoms with Gasteiger partial charge in [0.25, 0.3) is 0 Å². The molecule has 3 nitrogen and oxygen atoms in total. The van der Waals surface area contributed by atoms with Crippen LogP contribution in [-0.2, 0) is 0 Å². The Morgan fingerprint density at radius 2 is 2.11 bits per heavy atom. The molecule has 19 heavy (non-hydrogen) atoms. The van der Waals surface area contributed by atoms with Gasteiger partial charge in [0.05, 0.1) is 17.4 Å². The topological polar surface area (TPSA) is 29.0 Å². The van der Waals surface area contributed by atoms with Gasteiger partial charge in [-0.05, 0) is 44.0 Å². The van der Waals surface area contributed by atoms with E-state index < -0.39 is 0 Å². The molecule has 0 aliphatic carbocycles. The number of rotatable bonds is 6. The molecule has 0 N–H and O–H groups in total. The normalized spacial score (nSPS) is 29.8. The van der Waals surface area contributed by atoms with Crippen LogP contribution in [0.15, 0.2) is 5.03 Å². The zero-order chi connectivity index (χ0) is 13.1. The standard InChI is InChI=1S/C14H23N3S2/c1-2-3-4-9-18-14-13(15-19-16-14)12-10-17-7-5-11(12)6-8-17/h11-12H,2-10H2,1H3. The van der Waals surface area contributed by atoms with Gasteiger partial charge >= 0.3 is 0 Å². The third-order valence-corrected chi connectivity index (χ3v) is 6.20. The lowest BCUT2D eigenvalue weighted by atomic mass is 9.78. The van der Waals surface area contributed by atoms with Crippen LogP contribution in [0, 0.1) is 5.92 Å². The van der Waals surface area contributed by atoms with Crippen molar-refractivity contribution in [1.82, 2.24) is 13.6 Å². The minimum Gasteiger partial charge on any atom is -0.303 e. The molecule has 0 spiro atoms. The molecule has 4 heterocycles. The van der Waals surface area contributed by atoms with Crippen LogP contribution >= 0.6 is 23.5 Å². The molecule has 1 atom stereocenters. The third kappa shape index (κ3) is 3.14. The molecular weight excluding hydrogens is 274 g/mol. The van der Waals surface area contributed by atoms with E-state index in [1.807, 2.05) is 11.8 Å². The van der Waals surface area contributed by atoms with Crippen molar-refractivity contribution < 1.29 is 0 Å². The van der Waals surface area contributed by atoms with Crippen molar-refractivity contribution >= 4 is 23.5 Å². The van der Waals surface area contributed by atoms with Crippen LogP contribution in [0.3, 0.4) is 0 Å². The third-order valence-electron chi connectivity index (χ3n) is 4.48. The molecule has 3 aliphatic heterocycles. The predicted octanol–water partition coefficient (Wildman–Crippen LogP) is 3.63. The Morgan fingerprint density at radius 3 is 2.79 bits per heavy atom. The highest BCUT2D eigenvalue weighted by molar-refractivity contribution is 7.99. The Morgan fingerprint density at radius 1 is 1.26 bits per heavy atom. The van der Waals surface area contributed by atoms with Gasteiger partial charge in [-0.15, -0.1) is 11.8 Å². The zero-order valence-electron chi connectivity index (χ0n) is 11.7. The average Bonchev–Trinajstić information content (AvgIpc) is 2.93. The summed E-state index contributed by atoms with van der Waals surface area (Å²) in [7, 11) is 0. The first-order valence-electron chi connectivity index (χ1n) is 7.56. The second-order valence-electron chi connectivity index (χ2n) is 5.75. The summed E-state index contributed by atoms with van der Waals surface area (Å²) in [5.41, 5.74) is 1.32. The molecule has 3 fully saturated rings.